The average molecular weight is 382 g/mol. The summed E-state index contributed by atoms with van der Waals surface area (Å²) < 4.78 is 0. The molecule has 6 nitrogen and oxygen atoms in total. The molecule has 1 saturated heterocycles. The number of hydrogen-bond acceptors (Lipinski definition) is 6. The maximum Gasteiger partial charge on any atom is 0.137 e. The topological polar surface area (TPSA) is 66.0 Å². The maximum absolute atomic E-state index is 5.06. The molecule has 4 heterocycles. The molecule has 144 valence electrons. The standard InChI is InChI=1S/C23H22N6/c1-2-4-19(5-3-1)27-22-15-17(6-9-26-22)21-14-18-16-25-8-7-20(18)23(28-21)29-12-10-24-11-13-29/h1-9,14-16,24H,10-13H2,(H,26,27). The molecule has 0 amide bonds. The lowest BCUT2D eigenvalue weighted by Gasteiger charge is -2.29. The normalized spacial score (nSPS) is 14.1. The van der Waals surface area contributed by atoms with E-state index in [1.54, 1.807) is 0 Å². The summed E-state index contributed by atoms with van der Waals surface area (Å²) in [5, 5.41) is 9.01. The number of benzene rings is 1. The van der Waals surface area contributed by atoms with Crippen molar-refractivity contribution in [2.24, 2.45) is 0 Å². The van der Waals surface area contributed by atoms with E-state index in [9.17, 15) is 0 Å². The van der Waals surface area contributed by atoms with Crippen LogP contribution < -0.4 is 15.5 Å². The molecule has 29 heavy (non-hydrogen) atoms. The summed E-state index contributed by atoms with van der Waals surface area (Å²) in [6, 6.07) is 18.3. The molecule has 0 radical (unpaired) electrons. The number of anilines is 3. The van der Waals surface area contributed by atoms with Crippen LogP contribution in [0, 0.1) is 0 Å². The van der Waals surface area contributed by atoms with Crippen molar-refractivity contribution in [1.82, 2.24) is 20.3 Å². The summed E-state index contributed by atoms with van der Waals surface area (Å²) in [6.07, 6.45) is 5.57. The highest BCUT2D eigenvalue weighted by Gasteiger charge is 2.17. The second-order valence-electron chi connectivity index (χ2n) is 7.09. The van der Waals surface area contributed by atoms with Crippen molar-refractivity contribution in [2.45, 2.75) is 0 Å². The number of rotatable bonds is 4. The molecule has 0 spiro atoms. The van der Waals surface area contributed by atoms with Crippen molar-refractivity contribution in [3.8, 4) is 11.3 Å². The van der Waals surface area contributed by atoms with E-state index in [0.29, 0.717) is 0 Å². The molecule has 0 aliphatic carbocycles. The largest absolute Gasteiger partial charge is 0.354 e. The Morgan fingerprint density at radius 1 is 0.931 bits per heavy atom. The summed E-state index contributed by atoms with van der Waals surface area (Å²) in [5.74, 6) is 1.82. The van der Waals surface area contributed by atoms with Gasteiger partial charge in [0, 0.05) is 66.8 Å². The number of hydrogen-bond donors (Lipinski definition) is 2. The zero-order chi connectivity index (χ0) is 19.5. The van der Waals surface area contributed by atoms with Crippen LogP contribution in [-0.2, 0) is 0 Å². The van der Waals surface area contributed by atoms with Crippen molar-refractivity contribution in [2.75, 3.05) is 36.4 Å². The number of nitrogens with zero attached hydrogens (tertiary/aromatic N) is 4. The molecule has 1 aromatic carbocycles. The van der Waals surface area contributed by atoms with Gasteiger partial charge in [-0.3, -0.25) is 4.98 Å². The van der Waals surface area contributed by atoms with Gasteiger partial charge < -0.3 is 15.5 Å². The van der Waals surface area contributed by atoms with Crippen LogP contribution in [0.2, 0.25) is 0 Å². The first kappa shape index (κ1) is 17.6. The first-order valence-electron chi connectivity index (χ1n) is 9.86. The Bertz CT molecular complexity index is 1120. The SMILES string of the molecule is c1ccc(Nc2cc(-c3cc4cnccc4c(N4CCNCC4)n3)ccn2)cc1. The van der Waals surface area contributed by atoms with E-state index < -0.39 is 0 Å². The third-order valence-electron chi connectivity index (χ3n) is 5.13. The Morgan fingerprint density at radius 2 is 1.79 bits per heavy atom. The molecule has 2 N–H and O–H groups in total. The summed E-state index contributed by atoms with van der Waals surface area (Å²) >= 11 is 0. The molecular formula is C23H22N6. The minimum Gasteiger partial charge on any atom is -0.354 e. The van der Waals surface area contributed by atoms with E-state index in [2.05, 4.69) is 37.6 Å². The molecule has 1 aliphatic heterocycles. The lowest BCUT2D eigenvalue weighted by atomic mass is 10.1. The van der Waals surface area contributed by atoms with Gasteiger partial charge in [-0.05, 0) is 36.4 Å². The van der Waals surface area contributed by atoms with Gasteiger partial charge in [-0.2, -0.15) is 0 Å². The molecule has 0 bridgehead atoms. The maximum atomic E-state index is 5.06. The van der Waals surface area contributed by atoms with Crippen LogP contribution in [0.3, 0.4) is 0 Å². The highest BCUT2D eigenvalue weighted by molar-refractivity contribution is 5.94. The van der Waals surface area contributed by atoms with E-state index in [1.807, 2.05) is 61.1 Å². The molecule has 1 fully saturated rings. The highest BCUT2D eigenvalue weighted by Crippen LogP contribution is 2.30. The van der Waals surface area contributed by atoms with Gasteiger partial charge in [0.05, 0.1) is 5.69 Å². The average Bonchev–Trinajstić information content (AvgIpc) is 2.80. The minimum atomic E-state index is 0.797. The van der Waals surface area contributed by atoms with Crippen molar-refractivity contribution < 1.29 is 0 Å². The first-order valence-corrected chi connectivity index (χ1v) is 9.86. The molecular weight excluding hydrogens is 360 g/mol. The van der Waals surface area contributed by atoms with Gasteiger partial charge in [-0.25, -0.2) is 9.97 Å². The Kier molecular flexibility index (Phi) is 4.76. The molecule has 6 heteroatoms. The molecule has 0 saturated carbocycles. The fraction of sp³-hybridized carbons (Fsp3) is 0.174. The van der Waals surface area contributed by atoms with Crippen molar-refractivity contribution in [3.05, 3.63) is 73.2 Å². The predicted molar refractivity (Wildman–Crippen MR) is 118 cm³/mol. The van der Waals surface area contributed by atoms with Crippen LogP contribution in [0.25, 0.3) is 22.0 Å². The molecule has 3 aromatic heterocycles. The molecule has 0 atom stereocenters. The number of pyridine rings is 3. The van der Waals surface area contributed by atoms with Gasteiger partial charge in [0.1, 0.15) is 11.6 Å². The van der Waals surface area contributed by atoms with Crippen LogP contribution in [0.15, 0.2) is 73.2 Å². The Labute approximate surface area is 169 Å². The van der Waals surface area contributed by atoms with Crippen LogP contribution in [0.5, 0.6) is 0 Å². The number of aromatic nitrogens is 3. The summed E-state index contributed by atoms with van der Waals surface area (Å²) in [4.78, 5) is 16.2. The quantitative estimate of drug-likeness (QED) is 0.559. The molecule has 4 aromatic rings. The van der Waals surface area contributed by atoms with Gasteiger partial charge in [0.25, 0.3) is 0 Å². The van der Waals surface area contributed by atoms with Crippen LogP contribution in [-0.4, -0.2) is 41.1 Å². The smallest absolute Gasteiger partial charge is 0.137 e. The first-order chi connectivity index (χ1) is 14.4. The van der Waals surface area contributed by atoms with E-state index >= 15 is 0 Å². The third-order valence-corrected chi connectivity index (χ3v) is 5.13. The second kappa shape index (κ2) is 7.85. The fourth-order valence-electron chi connectivity index (χ4n) is 3.67. The van der Waals surface area contributed by atoms with Crippen LogP contribution in [0.4, 0.5) is 17.3 Å². The van der Waals surface area contributed by atoms with Crippen molar-refractivity contribution in [3.63, 3.8) is 0 Å². The number of para-hydroxylation sites is 1. The second-order valence-corrected chi connectivity index (χ2v) is 7.09. The number of fused-ring (bicyclic) bond motifs is 1. The molecule has 1 aliphatic rings. The van der Waals surface area contributed by atoms with E-state index in [-0.39, 0.29) is 0 Å². The third kappa shape index (κ3) is 3.75. The van der Waals surface area contributed by atoms with Crippen LogP contribution >= 0.6 is 0 Å². The van der Waals surface area contributed by atoms with Crippen molar-refractivity contribution in [1.29, 1.82) is 0 Å². The van der Waals surface area contributed by atoms with Gasteiger partial charge in [-0.15, -0.1) is 0 Å². The van der Waals surface area contributed by atoms with Crippen molar-refractivity contribution >= 4 is 28.1 Å². The van der Waals surface area contributed by atoms with E-state index in [0.717, 1.165) is 65.5 Å². The number of nitrogens with one attached hydrogen (secondary N) is 2. The monoisotopic (exact) mass is 382 g/mol. The lowest BCUT2D eigenvalue weighted by Crippen LogP contribution is -2.44. The Hall–Kier alpha value is -3.51. The van der Waals surface area contributed by atoms with E-state index in [1.165, 1.54) is 0 Å². The summed E-state index contributed by atoms with van der Waals surface area (Å²) in [5.41, 5.74) is 2.97. The summed E-state index contributed by atoms with van der Waals surface area (Å²) in [7, 11) is 0. The lowest BCUT2D eigenvalue weighted by molar-refractivity contribution is 0.586. The zero-order valence-corrected chi connectivity index (χ0v) is 16.0. The molecule has 5 rings (SSSR count). The Balaban J connectivity index is 1.55. The fourth-order valence-corrected chi connectivity index (χ4v) is 3.67. The number of piperazine rings is 1. The summed E-state index contributed by atoms with van der Waals surface area (Å²) in [6.45, 7) is 3.84. The van der Waals surface area contributed by atoms with Gasteiger partial charge in [-0.1, -0.05) is 18.2 Å². The van der Waals surface area contributed by atoms with E-state index in [4.69, 9.17) is 4.98 Å². The molecule has 0 unspecified atom stereocenters. The van der Waals surface area contributed by atoms with Gasteiger partial charge in [0.15, 0.2) is 0 Å². The highest BCUT2D eigenvalue weighted by atomic mass is 15.2. The van der Waals surface area contributed by atoms with Gasteiger partial charge in [0.2, 0.25) is 0 Å². The Morgan fingerprint density at radius 3 is 2.66 bits per heavy atom. The van der Waals surface area contributed by atoms with Gasteiger partial charge >= 0.3 is 0 Å². The zero-order valence-electron chi connectivity index (χ0n) is 16.0. The van der Waals surface area contributed by atoms with Crippen LogP contribution in [0.1, 0.15) is 0 Å². The predicted octanol–water partition coefficient (Wildman–Crippen LogP) is 3.85. The minimum absolute atomic E-state index is 0.797.